The average Bonchev–Trinajstić information content (AvgIpc) is 3.19. The Bertz CT molecular complexity index is 1010. The number of piperazine rings is 1. The highest BCUT2D eigenvalue weighted by atomic mass is 35.5. The Kier molecular flexibility index (Phi) is 3.69. The Labute approximate surface area is 157 Å². The predicted molar refractivity (Wildman–Crippen MR) is 103 cm³/mol. The maximum Gasteiger partial charge on any atom is 0.244 e. The fourth-order valence-electron chi connectivity index (χ4n) is 4.26. The minimum atomic E-state index is -0.0384. The summed E-state index contributed by atoms with van der Waals surface area (Å²) in [5.41, 5.74) is 3.13. The fourth-order valence-corrected chi connectivity index (χ4v) is 4.45. The molecular formula is C21H18ClN3O. The molecule has 0 saturated carbocycles. The van der Waals surface area contributed by atoms with Gasteiger partial charge in [-0.3, -0.25) is 14.7 Å². The van der Waals surface area contributed by atoms with Crippen molar-refractivity contribution in [2.75, 3.05) is 11.4 Å². The second kappa shape index (κ2) is 6.08. The molecular weight excluding hydrogens is 346 g/mol. The summed E-state index contributed by atoms with van der Waals surface area (Å²) in [6, 6.07) is 18.1. The van der Waals surface area contributed by atoms with E-state index in [4.69, 9.17) is 11.6 Å². The number of pyridine rings is 1. The standard InChI is InChI=1S/C21H18ClN3O/c22-16-4-1-5-17(10-16)25-18-11-20(21(25)26)24(13-18)12-14-6-7-19-15(9-14)3-2-8-23-19/h1-10,18,20H,11-13H2/t18-,20-/m0/s1. The van der Waals surface area contributed by atoms with Crippen LogP contribution < -0.4 is 4.90 Å². The quantitative estimate of drug-likeness (QED) is 0.708. The lowest BCUT2D eigenvalue weighted by atomic mass is 10.1. The summed E-state index contributed by atoms with van der Waals surface area (Å²) in [4.78, 5) is 21.5. The van der Waals surface area contributed by atoms with Gasteiger partial charge in [-0.1, -0.05) is 29.8 Å². The molecule has 0 radical (unpaired) electrons. The number of aromatic nitrogens is 1. The van der Waals surface area contributed by atoms with E-state index in [1.54, 1.807) is 0 Å². The van der Waals surface area contributed by atoms with Crippen LogP contribution in [0.25, 0.3) is 10.9 Å². The molecule has 0 spiro atoms. The minimum absolute atomic E-state index is 0.0384. The van der Waals surface area contributed by atoms with E-state index in [0.717, 1.165) is 36.1 Å². The third kappa shape index (κ3) is 2.57. The van der Waals surface area contributed by atoms with Gasteiger partial charge in [0.2, 0.25) is 5.91 Å². The van der Waals surface area contributed by atoms with Gasteiger partial charge in [-0.05, 0) is 48.4 Å². The van der Waals surface area contributed by atoms with Crippen molar-refractivity contribution >= 4 is 34.1 Å². The van der Waals surface area contributed by atoms with E-state index in [0.29, 0.717) is 5.02 Å². The fraction of sp³-hybridized carbons (Fsp3) is 0.238. The van der Waals surface area contributed by atoms with Gasteiger partial charge in [-0.2, -0.15) is 0 Å². The van der Waals surface area contributed by atoms with Crippen LogP contribution in [0.5, 0.6) is 0 Å². The highest BCUT2D eigenvalue weighted by Crippen LogP contribution is 2.37. The largest absolute Gasteiger partial charge is 0.307 e. The number of hydrogen-bond acceptors (Lipinski definition) is 3. The van der Waals surface area contributed by atoms with E-state index < -0.39 is 0 Å². The van der Waals surface area contributed by atoms with Crippen molar-refractivity contribution < 1.29 is 4.79 Å². The third-order valence-electron chi connectivity index (χ3n) is 5.41. The predicted octanol–water partition coefficient (Wildman–Crippen LogP) is 3.88. The first-order valence-electron chi connectivity index (χ1n) is 8.85. The minimum Gasteiger partial charge on any atom is -0.307 e. The number of anilines is 1. The van der Waals surface area contributed by atoms with Gasteiger partial charge >= 0.3 is 0 Å². The van der Waals surface area contributed by atoms with Crippen molar-refractivity contribution in [3.63, 3.8) is 0 Å². The van der Waals surface area contributed by atoms with Crippen molar-refractivity contribution in [2.45, 2.75) is 25.0 Å². The van der Waals surface area contributed by atoms with Crippen molar-refractivity contribution in [1.82, 2.24) is 9.88 Å². The Morgan fingerprint density at radius 2 is 2.04 bits per heavy atom. The van der Waals surface area contributed by atoms with Crippen LogP contribution in [0.4, 0.5) is 5.69 Å². The molecule has 1 amide bonds. The van der Waals surface area contributed by atoms with Crippen molar-refractivity contribution in [1.29, 1.82) is 0 Å². The lowest BCUT2D eigenvalue weighted by Crippen LogP contribution is -2.50. The third-order valence-corrected chi connectivity index (χ3v) is 5.64. The van der Waals surface area contributed by atoms with E-state index >= 15 is 0 Å². The highest BCUT2D eigenvalue weighted by Gasteiger charge is 2.49. The second-order valence-electron chi connectivity index (χ2n) is 7.05. The van der Waals surface area contributed by atoms with Gasteiger partial charge in [0.1, 0.15) is 0 Å². The normalized spacial score (nSPS) is 22.5. The van der Waals surface area contributed by atoms with Gasteiger partial charge in [0.05, 0.1) is 17.6 Å². The summed E-state index contributed by atoms with van der Waals surface area (Å²) >= 11 is 6.10. The first-order valence-corrected chi connectivity index (χ1v) is 9.23. The maximum atomic E-state index is 12.9. The molecule has 4 nitrogen and oxygen atoms in total. The molecule has 0 unspecified atom stereocenters. The molecule has 26 heavy (non-hydrogen) atoms. The first kappa shape index (κ1) is 15.8. The van der Waals surface area contributed by atoms with E-state index in [2.05, 4.69) is 34.1 Å². The van der Waals surface area contributed by atoms with Gasteiger partial charge in [0.25, 0.3) is 0 Å². The SMILES string of the molecule is O=C1[C@@H]2C[C@@H](CN2Cc2ccc3ncccc3c2)N1c1cccc(Cl)c1. The van der Waals surface area contributed by atoms with Crippen molar-refractivity contribution in [2.24, 2.45) is 0 Å². The molecule has 130 valence electrons. The molecule has 3 aromatic rings. The number of amides is 1. The molecule has 1 aromatic heterocycles. The molecule has 3 heterocycles. The summed E-state index contributed by atoms with van der Waals surface area (Å²) in [5.74, 6) is 0.186. The van der Waals surface area contributed by atoms with Crippen LogP contribution in [-0.2, 0) is 11.3 Å². The molecule has 5 heteroatoms. The monoisotopic (exact) mass is 363 g/mol. The molecule has 2 saturated heterocycles. The molecule has 5 rings (SSSR count). The van der Waals surface area contributed by atoms with Crippen LogP contribution in [0.2, 0.25) is 5.02 Å². The van der Waals surface area contributed by atoms with Crippen LogP contribution in [0.15, 0.2) is 60.8 Å². The summed E-state index contributed by atoms with van der Waals surface area (Å²) in [6.45, 7) is 1.69. The topological polar surface area (TPSA) is 36.4 Å². The van der Waals surface area contributed by atoms with E-state index in [9.17, 15) is 4.79 Å². The molecule has 2 fully saturated rings. The number of carbonyl (C=O) groups is 1. The van der Waals surface area contributed by atoms with Crippen LogP contribution in [0.3, 0.4) is 0 Å². The second-order valence-corrected chi connectivity index (χ2v) is 7.49. The van der Waals surface area contributed by atoms with Gasteiger partial charge in [-0.15, -0.1) is 0 Å². The van der Waals surface area contributed by atoms with E-state index in [1.807, 2.05) is 41.4 Å². The van der Waals surface area contributed by atoms with Crippen molar-refractivity contribution in [3.05, 3.63) is 71.4 Å². The zero-order chi connectivity index (χ0) is 17.7. The Hall–Kier alpha value is -2.43. The van der Waals surface area contributed by atoms with Crippen LogP contribution in [-0.4, -0.2) is 34.4 Å². The summed E-state index contributed by atoms with van der Waals surface area (Å²) < 4.78 is 0. The highest BCUT2D eigenvalue weighted by molar-refractivity contribution is 6.31. The molecule has 0 aliphatic carbocycles. The number of likely N-dealkylation sites (tertiary alicyclic amines) is 1. The summed E-state index contributed by atoms with van der Waals surface area (Å²) in [6.07, 6.45) is 2.70. The van der Waals surface area contributed by atoms with E-state index in [-0.39, 0.29) is 18.0 Å². The zero-order valence-electron chi connectivity index (χ0n) is 14.2. The maximum absolute atomic E-state index is 12.9. The Morgan fingerprint density at radius 3 is 2.88 bits per heavy atom. The molecule has 0 N–H and O–H groups in total. The molecule has 2 aromatic carbocycles. The molecule has 2 bridgehead atoms. The van der Waals surface area contributed by atoms with Gasteiger partial charge in [0.15, 0.2) is 0 Å². The van der Waals surface area contributed by atoms with Crippen LogP contribution in [0, 0.1) is 0 Å². The molecule has 2 aliphatic heterocycles. The number of carbonyl (C=O) groups excluding carboxylic acids is 1. The van der Waals surface area contributed by atoms with Gasteiger partial charge in [-0.25, -0.2) is 0 Å². The summed E-state index contributed by atoms with van der Waals surface area (Å²) in [7, 11) is 0. The number of fused-ring (bicyclic) bond motifs is 3. The smallest absolute Gasteiger partial charge is 0.244 e. The van der Waals surface area contributed by atoms with Crippen LogP contribution in [0.1, 0.15) is 12.0 Å². The lowest BCUT2D eigenvalue weighted by Gasteiger charge is -2.34. The number of nitrogens with zero attached hydrogens (tertiary/aromatic N) is 3. The number of hydrogen-bond donors (Lipinski definition) is 0. The zero-order valence-corrected chi connectivity index (χ0v) is 14.9. The molecule has 2 atom stereocenters. The number of halogens is 1. The lowest BCUT2D eigenvalue weighted by molar-refractivity contribution is -0.122. The Morgan fingerprint density at radius 1 is 1.12 bits per heavy atom. The van der Waals surface area contributed by atoms with Gasteiger partial charge < -0.3 is 4.90 Å². The van der Waals surface area contributed by atoms with Crippen LogP contribution >= 0.6 is 11.6 Å². The summed E-state index contributed by atoms with van der Waals surface area (Å²) in [5, 5.41) is 1.81. The van der Waals surface area contributed by atoms with E-state index in [1.165, 1.54) is 5.56 Å². The van der Waals surface area contributed by atoms with Crippen molar-refractivity contribution in [3.8, 4) is 0 Å². The first-order chi connectivity index (χ1) is 12.7. The van der Waals surface area contributed by atoms with Gasteiger partial charge in [0, 0.05) is 35.4 Å². The number of benzene rings is 2. The Balaban J connectivity index is 1.36. The number of rotatable bonds is 3. The average molecular weight is 364 g/mol. The molecule has 2 aliphatic rings.